The van der Waals surface area contributed by atoms with Crippen LogP contribution in [-0.4, -0.2) is 53.7 Å². The molecule has 6 heteroatoms. The second kappa shape index (κ2) is 9.41. The summed E-state index contributed by atoms with van der Waals surface area (Å²) in [6.45, 7) is 7.47. The SMILES string of the molecule is Cc1ncsc1CCOCC(O)CNC(CO)C(C)C. The third kappa shape index (κ3) is 6.28. The fourth-order valence-electron chi connectivity index (χ4n) is 1.81. The van der Waals surface area contributed by atoms with E-state index in [4.69, 9.17) is 4.74 Å². The monoisotopic (exact) mass is 302 g/mol. The van der Waals surface area contributed by atoms with Crippen LogP contribution in [0.2, 0.25) is 0 Å². The molecule has 0 aliphatic heterocycles. The van der Waals surface area contributed by atoms with Crippen LogP contribution >= 0.6 is 11.3 Å². The average Bonchev–Trinajstić information content (AvgIpc) is 2.80. The molecule has 0 spiro atoms. The second-order valence-corrected chi connectivity index (χ2v) is 6.22. The first-order valence-corrected chi connectivity index (χ1v) is 7.91. The molecule has 0 aliphatic rings. The maximum atomic E-state index is 9.81. The van der Waals surface area contributed by atoms with Crippen LogP contribution in [0.25, 0.3) is 0 Å². The van der Waals surface area contributed by atoms with Gasteiger partial charge >= 0.3 is 0 Å². The van der Waals surface area contributed by atoms with Gasteiger partial charge in [0.25, 0.3) is 0 Å². The Balaban J connectivity index is 2.11. The molecule has 2 atom stereocenters. The van der Waals surface area contributed by atoms with Gasteiger partial charge in [-0.3, -0.25) is 0 Å². The molecular formula is C14H26N2O3S. The number of aliphatic hydroxyl groups excluding tert-OH is 2. The van der Waals surface area contributed by atoms with Gasteiger partial charge in [0.1, 0.15) is 0 Å². The van der Waals surface area contributed by atoms with Crippen LogP contribution in [0, 0.1) is 12.8 Å². The number of hydrogen-bond acceptors (Lipinski definition) is 6. The summed E-state index contributed by atoms with van der Waals surface area (Å²) >= 11 is 1.63. The predicted molar refractivity (Wildman–Crippen MR) is 81.1 cm³/mol. The molecule has 0 saturated heterocycles. The fraction of sp³-hybridized carbons (Fsp3) is 0.786. The zero-order valence-corrected chi connectivity index (χ0v) is 13.3. The summed E-state index contributed by atoms with van der Waals surface area (Å²) in [5.74, 6) is 0.336. The lowest BCUT2D eigenvalue weighted by molar-refractivity contribution is 0.0347. The van der Waals surface area contributed by atoms with Crippen LogP contribution in [0.1, 0.15) is 24.4 Å². The standard InChI is InChI=1S/C14H26N2O3S/c1-10(2)13(7-17)15-6-12(18)8-19-5-4-14-11(3)16-9-20-14/h9-10,12-13,15,17-18H,4-8H2,1-3H3. The molecule has 1 aromatic rings. The van der Waals surface area contributed by atoms with Crippen LogP contribution in [-0.2, 0) is 11.2 Å². The topological polar surface area (TPSA) is 74.6 Å². The molecule has 1 aromatic heterocycles. The van der Waals surface area contributed by atoms with Crippen molar-refractivity contribution in [3.05, 3.63) is 16.1 Å². The quantitative estimate of drug-likeness (QED) is 0.562. The van der Waals surface area contributed by atoms with Gasteiger partial charge in [-0.05, 0) is 12.8 Å². The molecule has 0 aromatic carbocycles. The van der Waals surface area contributed by atoms with Crippen molar-refractivity contribution in [3.8, 4) is 0 Å². The summed E-state index contributed by atoms with van der Waals surface area (Å²) in [6.07, 6.45) is 0.285. The first kappa shape index (κ1) is 17.5. The zero-order chi connectivity index (χ0) is 15.0. The third-order valence-corrected chi connectivity index (χ3v) is 4.24. The molecule has 20 heavy (non-hydrogen) atoms. The van der Waals surface area contributed by atoms with Gasteiger partial charge in [-0.25, -0.2) is 4.98 Å². The molecule has 116 valence electrons. The van der Waals surface area contributed by atoms with Crippen molar-refractivity contribution in [2.45, 2.75) is 39.3 Å². The molecule has 1 rings (SSSR count). The van der Waals surface area contributed by atoms with E-state index in [1.165, 1.54) is 4.88 Å². The minimum Gasteiger partial charge on any atom is -0.395 e. The molecule has 0 fully saturated rings. The molecule has 0 radical (unpaired) electrons. The molecule has 2 unspecified atom stereocenters. The summed E-state index contributed by atoms with van der Waals surface area (Å²) in [7, 11) is 0. The Labute approximate surface area is 125 Å². The van der Waals surface area contributed by atoms with Gasteiger partial charge in [0.05, 0.1) is 37.1 Å². The Morgan fingerprint density at radius 2 is 2.20 bits per heavy atom. The first-order chi connectivity index (χ1) is 9.54. The minimum atomic E-state index is -0.551. The zero-order valence-electron chi connectivity index (χ0n) is 12.5. The molecule has 1 heterocycles. The number of ether oxygens (including phenoxy) is 1. The second-order valence-electron chi connectivity index (χ2n) is 5.28. The summed E-state index contributed by atoms with van der Waals surface area (Å²) in [4.78, 5) is 5.42. The maximum absolute atomic E-state index is 9.81. The highest BCUT2D eigenvalue weighted by atomic mass is 32.1. The number of nitrogens with zero attached hydrogens (tertiary/aromatic N) is 1. The summed E-state index contributed by atoms with van der Waals surface area (Å²) < 4.78 is 5.48. The van der Waals surface area contributed by atoms with Crippen LogP contribution < -0.4 is 5.32 Å². The number of aromatic nitrogens is 1. The lowest BCUT2D eigenvalue weighted by Gasteiger charge is -2.21. The van der Waals surface area contributed by atoms with E-state index in [-0.39, 0.29) is 12.6 Å². The Kier molecular flexibility index (Phi) is 8.25. The fourth-order valence-corrected chi connectivity index (χ4v) is 2.57. The summed E-state index contributed by atoms with van der Waals surface area (Å²) in [6, 6.07) is 0.0180. The van der Waals surface area contributed by atoms with Crippen LogP contribution in [0.15, 0.2) is 5.51 Å². The van der Waals surface area contributed by atoms with Gasteiger partial charge in [0, 0.05) is 23.9 Å². The van der Waals surface area contributed by atoms with Gasteiger partial charge in [0.2, 0.25) is 0 Å². The smallest absolute Gasteiger partial charge is 0.0897 e. The maximum Gasteiger partial charge on any atom is 0.0897 e. The normalized spacial score (nSPS) is 14.7. The van der Waals surface area contributed by atoms with Gasteiger partial charge in [0.15, 0.2) is 0 Å². The van der Waals surface area contributed by atoms with Crippen LogP contribution in [0.4, 0.5) is 0 Å². The van der Waals surface area contributed by atoms with Crippen molar-refractivity contribution < 1.29 is 14.9 Å². The van der Waals surface area contributed by atoms with Crippen LogP contribution in [0.5, 0.6) is 0 Å². The van der Waals surface area contributed by atoms with Crippen molar-refractivity contribution in [1.29, 1.82) is 0 Å². The Hall–Kier alpha value is -0.530. The highest BCUT2D eigenvalue weighted by Crippen LogP contribution is 2.12. The van der Waals surface area contributed by atoms with E-state index in [2.05, 4.69) is 10.3 Å². The molecular weight excluding hydrogens is 276 g/mol. The van der Waals surface area contributed by atoms with E-state index < -0.39 is 6.10 Å². The van der Waals surface area contributed by atoms with Crippen molar-refractivity contribution in [2.24, 2.45) is 5.92 Å². The van der Waals surface area contributed by atoms with Gasteiger partial charge in [-0.2, -0.15) is 0 Å². The highest BCUT2D eigenvalue weighted by molar-refractivity contribution is 7.09. The molecule has 0 aliphatic carbocycles. The number of rotatable bonds is 10. The van der Waals surface area contributed by atoms with E-state index in [0.29, 0.717) is 25.7 Å². The number of nitrogens with one attached hydrogen (secondary N) is 1. The molecule has 5 nitrogen and oxygen atoms in total. The van der Waals surface area contributed by atoms with Crippen molar-refractivity contribution in [2.75, 3.05) is 26.4 Å². The van der Waals surface area contributed by atoms with Crippen molar-refractivity contribution in [3.63, 3.8) is 0 Å². The predicted octanol–water partition coefficient (Wildman–Crippen LogP) is 0.978. The minimum absolute atomic E-state index is 0.0180. The lowest BCUT2D eigenvalue weighted by atomic mass is 10.1. The number of aryl methyl sites for hydroxylation is 1. The number of aliphatic hydroxyl groups is 2. The van der Waals surface area contributed by atoms with E-state index in [1.54, 1.807) is 11.3 Å². The van der Waals surface area contributed by atoms with E-state index in [0.717, 1.165) is 12.1 Å². The number of thiazole rings is 1. The van der Waals surface area contributed by atoms with E-state index >= 15 is 0 Å². The van der Waals surface area contributed by atoms with E-state index in [9.17, 15) is 10.2 Å². The number of hydrogen-bond donors (Lipinski definition) is 3. The Morgan fingerprint density at radius 3 is 2.75 bits per heavy atom. The van der Waals surface area contributed by atoms with Crippen molar-refractivity contribution >= 4 is 11.3 Å². The summed E-state index contributed by atoms with van der Waals surface area (Å²) in [5.41, 5.74) is 2.90. The van der Waals surface area contributed by atoms with Gasteiger partial charge < -0.3 is 20.3 Å². The molecule has 0 bridgehead atoms. The first-order valence-electron chi connectivity index (χ1n) is 7.03. The largest absolute Gasteiger partial charge is 0.395 e. The van der Waals surface area contributed by atoms with Gasteiger partial charge in [-0.1, -0.05) is 13.8 Å². The summed E-state index contributed by atoms with van der Waals surface area (Å²) in [5, 5.41) is 22.1. The molecule has 0 saturated carbocycles. The Bertz CT molecular complexity index is 371. The van der Waals surface area contributed by atoms with Gasteiger partial charge in [-0.15, -0.1) is 11.3 Å². The third-order valence-electron chi connectivity index (χ3n) is 3.25. The van der Waals surface area contributed by atoms with Crippen molar-refractivity contribution in [1.82, 2.24) is 10.3 Å². The Morgan fingerprint density at radius 1 is 1.45 bits per heavy atom. The molecule has 0 amide bonds. The highest BCUT2D eigenvalue weighted by Gasteiger charge is 2.13. The van der Waals surface area contributed by atoms with E-state index in [1.807, 2.05) is 26.3 Å². The molecule has 3 N–H and O–H groups in total. The lowest BCUT2D eigenvalue weighted by Crippen LogP contribution is -2.42. The average molecular weight is 302 g/mol. The van der Waals surface area contributed by atoms with Crippen LogP contribution in [0.3, 0.4) is 0 Å².